The van der Waals surface area contributed by atoms with Crippen molar-refractivity contribution in [2.24, 2.45) is 0 Å². The first-order chi connectivity index (χ1) is 4.18. The van der Waals surface area contributed by atoms with Crippen molar-refractivity contribution >= 4 is 0 Å². The molecule has 1 aliphatic heterocycles. The number of hydrogen-bond donors (Lipinski definition) is 2. The van der Waals surface area contributed by atoms with Gasteiger partial charge in [0, 0.05) is 0 Å². The van der Waals surface area contributed by atoms with Crippen molar-refractivity contribution in [2.75, 3.05) is 41.1 Å². The average Bonchev–Trinajstić information content (AvgIpc) is 1.59. The molecule has 0 aromatic carbocycles. The highest BCUT2D eigenvalue weighted by Crippen LogP contribution is 1.67. The van der Waals surface area contributed by atoms with E-state index in [0.29, 0.717) is 0 Å². The summed E-state index contributed by atoms with van der Waals surface area (Å²) < 4.78 is 0. The van der Waals surface area contributed by atoms with Gasteiger partial charge in [-0.15, -0.1) is 0 Å². The lowest BCUT2D eigenvalue weighted by atomic mass is 10.6. The fourth-order valence-corrected chi connectivity index (χ4v) is 1.60. The molecule has 0 aromatic heterocycles. The lowest BCUT2D eigenvalue weighted by Gasteiger charge is -2.30. The second kappa shape index (κ2) is 2.64. The van der Waals surface area contributed by atoms with Gasteiger partial charge in [0.25, 0.3) is 0 Å². The zero-order valence-corrected chi connectivity index (χ0v) is 6.57. The van der Waals surface area contributed by atoms with Gasteiger partial charge in [0.15, 0.2) is 0 Å². The zero-order chi connectivity index (χ0) is 6.85. The summed E-state index contributed by atoms with van der Waals surface area (Å²) in [5.74, 6) is 0. The van der Waals surface area contributed by atoms with Gasteiger partial charge in [-0.05, 0) is 7.05 Å². The number of quaternary nitrogens is 2. The van der Waals surface area contributed by atoms with Crippen molar-refractivity contribution in [3.63, 3.8) is 0 Å². The SMILES string of the molecule is CN1C[NH+](C)C[NH+](C)C1. The molecule has 9 heavy (non-hydrogen) atoms. The first kappa shape index (κ1) is 6.99. The van der Waals surface area contributed by atoms with Gasteiger partial charge in [0.05, 0.1) is 14.1 Å². The molecule has 3 heteroatoms. The topological polar surface area (TPSA) is 12.1 Å². The van der Waals surface area contributed by atoms with Gasteiger partial charge < -0.3 is 0 Å². The first-order valence-electron chi connectivity index (χ1n) is 3.49. The predicted molar refractivity (Wildman–Crippen MR) is 36.1 cm³/mol. The maximum Gasteiger partial charge on any atom is 0.206 e. The maximum atomic E-state index is 2.36. The monoisotopic (exact) mass is 131 g/mol. The Morgan fingerprint density at radius 2 is 1.56 bits per heavy atom. The summed E-state index contributed by atoms with van der Waals surface area (Å²) in [7, 11) is 6.64. The Kier molecular flexibility index (Phi) is 2.05. The summed E-state index contributed by atoms with van der Waals surface area (Å²) in [6, 6.07) is 0. The van der Waals surface area contributed by atoms with E-state index in [1.807, 2.05) is 0 Å². The van der Waals surface area contributed by atoms with Crippen LogP contribution in [0.15, 0.2) is 0 Å². The van der Waals surface area contributed by atoms with Crippen molar-refractivity contribution in [3.8, 4) is 0 Å². The Morgan fingerprint density at radius 1 is 1.11 bits per heavy atom. The van der Waals surface area contributed by atoms with Gasteiger partial charge in [0.2, 0.25) is 6.67 Å². The highest BCUT2D eigenvalue weighted by atomic mass is 15.5. The molecule has 0 spiro atoms. The maximum absolute atomic E-state index is 2.36. The van der Waals surface area contributed by atoms with Gasteiger partial charge in [-0.3, -0.25) is 9.80 Å². The third-order valence-corrected chi connectivity index (χ3v) is 1.68. The van der Waals surface area contributed by atoms with Crippen LogP contribution in [0, 0.1) is 0 Å². The van der Waals surface area contributed by atoms with E-state index in [4.69, 9.17) is 0 Å². The van der Waals surface area contributed by atoms with Gasteiger partial charge in [-0.2, -0.15) is 0 Å². The minimum atomic E-state index is 1.19. The molecule has 2 N–H and O–H groups in total. The average molecular weight is 131 g/mol. The standard InChI is InChI=1S/C6H15N3/c1-7-4-8(2)6-9(3)5-7/h4-6H2,1-3H3/p+2. The zero-order valence-electron chi connectivity index (χ0n) is 6.57. The largest absolute Gasteiger partial charge is 0.278 e. The van der Waals surface area contributed by atoms with Crippen LogP contribution in [0.2, 0.25) is 0 Å². The molecule has 1 fully saturated rings. The van der Waals surface area contributed by atoms with Gasteiger partial charge in [0.1, 0.15) is 13.3 Å². The predicted octanol–water partition coefficient (Wildman–Crippen LogP) is -3.17. The molecule has 1 rings (SSSR count). The second-order valence-corrected chi connectivity index (χ2v) is 3.26. The van der Waals surface area contributed by atoms with E-state index in [9.17, 15) is 0 Å². The summed E-state index contributed by atoms with van der Waals surface area (Å²) in [5.41, 5.74) is 0. The number of rotatable bonds is 0. The van der Waals surface area contributed by atoms with E-state index in [1.165, 1.54) is 20.0 Å². The molecule has 1 heterocycles. The van der Waals surface area contributed by atoms with Crippen molar-refractivity contribution in [2.45, 2.75) is 0 Å². The number of nitrogens with zero attached hydrogens (tertiary/aromatic N) is 1. The van der Waals surface area contributed by atoms with Crippen molar-refractivity contribution in [1.82, 2.24) is 4.90 Å². The van der Waals surface area contributed by atoms with Crippen LogP contribution < -0.4 is 9.80 Å². The fourth-order valence-electron chi connectivity index (χ4n) is 1.60. The number of nitrogens with one attached hydrogen (secondary N) is 2. The van der Waals surface area contributed by atoms with E-state index in [2.05, 4.69) is 26.0 Å². The lowest BCUT2D eigenvalue weighted by Crippen LogP contribution is -3.33. The minimum Gasteiger partial charge on any atom is -0.278 e. The molecule has 0 radical (unpaired) electrons. The molecule has 3 nitrogen and oxygen atoms in total. The molecule has 0 aromatic rings. The molecular formula is C6H17N3+2. The normalized spacial score (nSPS) is 39.0. The number of hydrogen-bond acceptors (Lipinski definition) is 1. The highest BCUT2D eigenvalue weighted by molar-refractivity contribution is 4.30. The summed E-state index contributed by atoms with van der Waals surface area (Å²) >= 11 is 0. The summed E-state index contributed by atoms with van der Waals surface area (Å²) in [6.07, 6.45) is 0. The van der Waals surface area contributed by atoms with E-state index in [0.717, 1.165) is 0 Å². The quantitative estimate of drug-likeness (QED) is 0.353. The van der Waals surface area contributed by atoms with Crippen LogP contribution in [0.5, 0.6) is 0 Å². The molecule has 2 unspecified atom stereocenters. The Hall–Kier alpha value is -0.120. The highest BCUT2D eigenvalue weighted by Gasteiger charge is 2.19. The van der Waals surface area contributed by atoms with Crippen molar-refractivity contribution in [1.29, 1.82) is 0 Å². The van der Waals surface area contributed by atoms with Crippen molar-refractivity contribution in [3.05, 3.63) is 0 Å². The van der Waals surface area contributed by atoms with Crippen LogP contribution in [0.25, 0.3) is 0 Å². The van der Waals surface area contributed by atoms with E-state index in [-0.39, 0.29) is 0 Å². The first-order valence-corrected chi connectivity index (χ1v) is 3.49. The third kappa shape index (κ3) is 1.93. The minimum absolute atomic E-state index is 1.19. The molecule has 1 saturated heterocycles. The molecular weight excluding hydrogens is 114 g/mol. The fraction of sp³-hybridized carbons (Fsp3) is 1.00. The van der Waals surface area contributed by atoms with Crippen LogP contribution in [-0.2, 0) is 0 Å². The van der Waals surface area contributed by atoms with E-state index >= 15 is 0 Å². The molecule has 1 aliphatic rings. The summed E-state index contributed by atoms with van der Waals surface area (Å²) in [6.45, 7) is 3.64. The van der Waals surface area contributed by atoms with Gasteiger partial charge in [-0.1, -0.05) is 0 Å². The molecule has 54 valence electrons. The molecule has 0 aliphatic carbocycles. The smallest absolute Gasteiger partial charge is 0.206 e. The van der Waals surface area contributed by atoms with E-state index < -0.39 is 0 Å². The van der Waals surface area contributed by atoms with Gasteiger partial charge >= 0.3 is 0 Å². The Labute approximate surface area is 56.8 Å². The third-order valence-electron chi connectivity index (χ3n) is 1.68. The molecule has 2 atom stereocenters. The van der Waals surface area contributed by atoms with Crippen LogP contribution in [-0.4, -0.2) is 46.0 Å². The van der Waals surface area contributed by atoms with Crippen LogP contribution >= 0.6 is 0 Å². The van der Waals surface area contributed by atoms with Crippen LogP contribution in [0.4, 0.5) is 0 Å². The lowest BCUT2D eigenvalue weighted by molar-refractivity contribution is -1.10. The van der Waals surface area contributed by atoms with Crippen LogP contribution in [0.1, 0.15) is 0 Å². The molecule has 0 amide bonds. The second-order valence-electron chi connectivity index (χ2n) is 3.26. The van der Waals surface area contributed by atoms with Gasteiger partial charge in [-0.25, -0.2) is 4.90 Å². The molecule has 0 bridgehead atoms. The summed E-state index contributed by atoms with van der Waals surface area (Å²) in [5, 5.41) is 0. The summed E-state index contributed by atoms with van der Waals surface area (Å²) in [4.78, 5) is 5.55. The van der Waals surface area contributed by atoms with Crippen molar-refractivity contribution < 1.29 is 9.80 Å². The van der Waals surface area contributed by atoms with Crippen LogP contribution in [0.3, 0.4) is 0 Å². The molecule has 0 saturated carbocycles. The van der Waals surface area contributed by atoms with E-state index in [1.54, 1.807) is 9.80 Å². The Bertz CT molecular complexity index is 69.3. The Balaban J connectivity index is 2.34. The Morgan fingerprint density at radius 3 is 1.89 bits per heavy atom.